The molecule has 0 radical (unpaired) electrons. The molecule has 5 rings (SSSR count). The van der Waals surface area contributed by atoms with Crippen LogP contribution < -0.4 is 10.0 Å². The van der Waals surface area contributed by atoms with Crippen molar-refractivity contribution in [3.63, 3.8) is 0 Å². The Morgan fingerprint density at radius 1 is 1.35 bits per heavy atom. The van der Waals surface area contributed by atoms with Crippen molar-refractivity contribution in [1.29, 1.82) is 0 Å². The molecule has 0 unspecified atom stereocenters. The van der Waals surface area contributed by atoms with Gasteiger partial charge in [-0.3, -0.25) is 9.78 Å². The van der Waals surface area contributed by atoms with Crippen molar-refractivity contribution in [1.82, 2.24) is 24.9 Å². The Morgan fingerprint density at radius 2 is 2.21 bits per heavy atom. The normalized spacial score (nSPS) is 12.8. The molecule has 34 heavy (non-hydrogen) atoms. The number of hydrogen-bond acceptors (Lipinski definition) is 8. The number of rotatable bonds is 8. The molecule has 0 spiro atoms. The maximum Gasteiger partial charge on any atom is 0.280 e. The number of anilines is 1. The Balaban J connectivity index is 0.000000192. The van der Waals surface area contributed by atoms with E-state index in [1.54, 1.807) is 60.5 Å². The molecule has 4 aromatic rings. The lowest BCUT2D eigenvalue weighted by molar-refractivity contribution is 0.0936. The van der Waals surface area contributed by atoms with Gasteiger partial charge in [-0.2, -0.15) is 5.10 Å². The molecule has 0 atom stereocenters. The van der Waals surface area contributed by atoms with E-state index in [1.165, 1.54) is 30.4 Å². The van der Waals surface area contributed by atoms with Crippen LogP contribution in [0.2, 0.25) is 5.02 Å². The van der Waals surface area contributed by atoms with Gasteiger partial charge in [-0.1, -0.05) is 11.6 Å². The summed E-state index contributed by atoms with van der Waals surface area (Å²) >= 11 is 8.94. The second kappa shape index (κ2) is 11.6. The molecule has 1 aliphatic carbocycles. The van der Waals surface area contributed by atoms with E-state index in [0.717, 1.165) is 16.0 Å². The fraction of sp³-hybridized carbons (Fsp3) is 0.273. The summed E-state index contributed by atoms with van der Waals surface area (Å²) in [7, 11) is 1.59. The van der Waals surface area contributed by atoms with Crippen molar-refractivity contribution >= 4 is 52.0 Å². The lowest BCUT2D eigenvalue weighted by Gasteiger charge is -2.03. The number of nitrogens with zero attached hydrogens (tertiary/aromatic N) is 4. The number of carbonyl (C=O) groups is 1. The van der Waals surface area contributed by atoms with Gasteiger partial charge in [0.25, 0.3) is 5.91 Å². The van der Waals surface area contributed by atoms with E-state index in [2.05, 4.69) is 25.1 Å². The number of pyridine rings is 2. The van der Waals surface area contributed by atoms with E-state index in [4.69, 9.17) is 16.3 Å². The van der Waals surface area contributed by atoms with Crippen molar-refractivity contribution in [3.8, 4) is 10.4 Å². The average Bonchev–Trinajstić information content (AvgIpc) is 3.37. The number of ether oxygens (including phenoxy) is 1. The molecule has 4 heterocycles. The number of amides is 1. The van der Waals surface area contributed by atoms with Crippen molar-refractivity contribution in [2.75, 3.05) is 25.0 Å². The first-order chi connectivity index (χ1) is 16.5. The van der Waals surface area contributed by atoms with Gasteiger partial charge in [-0.05, 0) is 43.0 Å². The van der Waals surface area contributed by atoms with Crippen molar-refractivity contribution < 1.29 is 13.9 Å². The highest BCUT2D eigenvalue weighted by Crippen LogP contribution is 2.34. The summed E-state index contributed by atoms with van der Waals surface area (Å²) in [6, 6.07) is 5.25. The third kappa shape index (κ3) is 6.44. The maximum absolute atomic E-state index is 12.9. The van der Waals surface area contributed by atoms with Crippen molar-refractivity contribution in [2.45, 2.75) is 18.1 Å². The molecule has 4 aromatic heterocycles. The fourth-order valence-corrected chi connectivity index (χ4v) is 4.62. The monoisotopic (exact) mass is 520 g/mol. The third-order valence-corrected chi connectivity index (χ3v) is 7.08. The zero-order valence-corrected chi connectivity index (χ0v) is 20.6. The Kier molecular flexibility index (Phi) is 8.33. The summed E-state index contributed by atoms with van der Waals surface area (Å²) in [4.78, 5) is 20.7. The molecule has 12 heteroatoms. The highest BCUT2D eigenvalue weighted by molar-refractivity contribution is 8.01. The number of fused-ring (bicyclic) bond motifs is 1. The minimum Gasteiger partial charge on any atom is -0.383 e. The summed E-state index contributed by atoms with van der Waals surface area (Å²) in [6.45, 7) is 0.924. The van der Waals surface area contributed by atoms with Gasteiger partial charge < -0.3 is 14.8 Å². The molecule has 0 aliphatic heterocycles. The first-order valence-corrected chi connectivity index (χ1v) is 12.5. The average molecular weight is 521 g/mol. The van der Waals surface area contributed by atoms with E-state index in [1.807, 2.05) is 6.07 Å². The lowest BCUT2D eigenvalue weighted by atomic mass is 10.2. The smallest absolute Gasteiger partial charge is 0.280 e. The molecule has 1 saturated carbocycles. The first-order valence-electron chi connectivity index (χ1n) is 10.4. The number of carbonyl (C=O) groups excluding carboxylic acids is 1. The van der Waals surface area contributed by atoms with Crippen LogP contribution in [0, 0.1) is 5.82 Å². The highest BCUT2D eigenvalue weighted by atomic mass is 35.5. The second-order valence-corrected chi connectivity index (χ2v) is 9.86. The molecule has 0 saturated heterocycles. The third-order valence-electron chi connectivity index (χ3n) is 4.67. The standard InChI is InChI=1S/C14H13ClN4O2S.C8H9FN2S/c1-21-5-3-16-13(20)14-17-8-12(22-14)10-7-18-19-4-2-9(15)6-11(10)19;9-7-5-10-4-3-8(7)11-12-6-1-2-6/h2,4,6-8H,3,5H2,1H3,(H,16,20);3-6H,1-2H2,(H,10,11). The topological polar surface area (TPSA) is 93.4 Å². The molecule has 178 valence electrons. The predicted molar refractivity (Wildman–Crippen MR) is 134 cm³/mol. The molecule has 1 fully saturated rings. The van der Waals surface area contributed by atoms with E-state index in [-0.39, 0.29) is 11.7 Å². The predicted octanol–water partition coefficient (Wildman–Crippen LogP) is 4.93. The number of methoxy groups -OCH3 is 1. The number of aromatic nitrogens is 4. The number of hydrogen-bond donors (Lipinski definition) is 2. The van der Waals surface area contributed by atoms with Crippen LogP contribution in [0.25, 0.3) is 16.0 Å². The summed E-state index contributed by atoms with van der Waals surface area (Å²) < 4.78 is 22.5. The Hall–Kier alpha value is -2.73. The molecule has 1 aliphatic rings. The van der Waals surface area contributed by atoms with Gasteiger partial charge in [0.15, 0.2) is 10.8 Å². The Bertz CT molecular complexity index is 1260. The van der Waals surface area contributed by atoms with E-state index in [9.17, 15) is 9.18 Å². The molecular weight excluding hydrogens is 499 g/mol. The molecule has 1 amide bonds. The van der Waals surface area contributed by atoms with Crippen LogP contribution in [-0.4, -0.2) is 51.0 Å². The Labute approximate surface area is 209 Å². The van der Waals surface area contributed by atoms with E-state index >= 15 is 0 Å². The van der Waals surface area contributed by atoms with Gasteiger partial charge >= 0.3 is 0 Å². The van der Waals surface area contributed by atoms with Gasteiger partial charge in [0.1, 0.15) is 0 Å². The maximum atomic E-state index is 12.9. The zero-order valence-electron chi connectivity index (χ0n) is 18.2. The van der Waals surface area contributed by atoms with Crippen molar-refractivity contribution in [2.24, 2.45) is 0 Å². The van der Waals surface area contributed by atoms with Gasteiger partial charge in [-0.15, -0.1) is 11.3 Å². The van der Waals surface area contributed by atoms with Gasteiger partial charge in [0.2, 0.25) is 0 Å². The summed E-state index contributed by atoms with van der Waals surface area (Å²) in [5.74, 6) is -0.492. The minimum atomic E-state index is -0.286. The van der Waals surface area contributed by atoms with Crippen LogP contribution in [0.15, 0.2) is 49.2 Å². The van der Waals surface area contributed by atoms with Crippen LogP contribution in [0.3, 0.4) is 0 Å². The lowest BCUT2D eigenvalue weighted by Crippen LogP contribution is -2.26. The van der Waals surface area contributed by atoms with Gasteiger partial charge in [0, 0.05) is 48.1 Å². The van der Waals surface area contributed by atoms with Gasteiger partial charge in [-0.25, -0.2) is 13.9 Å². The number of nitrogens with one attached hydrogen (secondary N) is 2. The van der Waals surface area contributed by atoms with Crippen LogP contribution in [0.1, 0.15) is 22.6 Å². The molecule has 2 N–H and O–H groups in total. The van der Waals surface area contributed by atoms with Crippen LogP contribution in [0.5, 0.6) is 0 Å². The van der Waals surface area contributed by atoms with Crippen LogP contribution in [0.4, 0.5) is 10.1 Å². The van der Waals surface area contributed by atoms with Gasteiger partial charge in [0.05, 0.1) is 35.1 Å². The fourth-order valence-electron chi connectivity index (χ4n) is 2.78. The molecule has 0 aromatic carbocycles. The summed E-state index contributed by atoms with van der Waals surface area (Å²) in [5.41, 5.74) is 2.31. The van der Waals surface area contributed by atoms with Crippen LogP contribution in [-0.2, 0) is 4.74 Å². The summed E-state index contributed by atoms with van der Waals surface area (Å²) in [5, 5.41) is 8.74. The van der Waals surface area contributed by atoms with E-state index < -0.39 is 0 Å². The highest BCUT2D eigenvalue weighted by Gasteiger charge is 2.22. The van der Waals surface area contributed by atoms with Crippen LogP contribution >= 0.6 is 34.9 Å². The quantitative estimate of drug-likeness (QED) is 0.251. The van der Waals surface area contributed by atoms with Crippen molar-refractivity contribution in [3.05, 3.63) is 65.0 Å². The number of thiazole rings is 1. The SMILES string of the molecule is COCCNC(=O)c1ncc(-c2cnn3ccc(Cl)cc23)s1.Fc1cnccc1NSC1CC1. The summed E-state index contributed by atoms with van der Waals surface area (Å²) in [6.07, 6.45) is 10.5. The molecule has 0 bridgehead atoms. The first kappa shape index (κ1) is 24.4. The second-order valence-electron chi connectivity index (χ2n) is 7.29. The zero-order chi connectivity index (χ0) is 23.9. The van der Waals surface area contributed by atoms with E-state index in [0.29, 0.717) is 34.1 Å². The number of halogens is 2. The largest absolute Gasteiger partial charge is 0.383 e. The minimum absolute atomic E-state index is 0.206. The molecular formula is C22H22ClFN6O2S2. The molecule has 8 nitrogen and oxygen atoms in total. The Morgan fingerprint density at radius 3 is 2.97 bits per heavy atom.